The molecule has 2 unspecified atom stereocenters. The summed E-state index contributed by atoms with van der Waals surface area (Å²) in [4.78, 5) is 5.88. The molecule has 5 heteroatoms. The SMILES string of the molecule is CC1CN(c2ncc(Cl)cc2F)CC1(O)C1CC1. The van der Waals surface area contributed by atoms with Crippen molar-refractivity contribution in [1.82, 2.24) is 4.98 Å². The number of pyridine rings is 1. The third-order valence-electron chi connectivity index (χ3n) is 4.16. The van der Waals surface area contributed by atoms with Gasteiger partial charge in [-0.2, -0.15) is 0 Å². The fourth-order valence-electron chi connectivity index (χ4n) is 2.93. The first kappa shape index (κ1) is 12.2. The Kier molecular flexibility index (Phi) is 2.75. The maximum atomic E-state index is 13.8. The third kappa shape index (κ3) is 1.88. The molecule has 0 amide bonds. The van der Waals surface area contributed by atoms with Crippen molar-refractivity contribution >= 4 is 17.4 Å². The van der Waals surface area contributed by atoms with Gasteiger partial charge in [0, 0.05) is 25.2 Å². The Labute approximate surface area is 111 Å². The van der Waals surface area contributed by atoms with E-state index in [2.05, 4.69) is 4.98 Å². The van der Waals surface area contributed by atoms with Gasteiger partial charge in [0.05, 0.1) is 10.6 Å². The first-order chi connectivity index (χ1) is 8.50. The Hall–Kier alpha value is -0.870. The molecule has 1 aromatic rings. The number of β-amino-alcohol motifs (C(OH)–C–C–N with tert-alkyl or cyclic N) is 1. The second-order valence-corrected chi connectivity index (χ2v) is 5.94. The van der Waals surface area contributed by atoms with Crippen molar-refractivity contribution in [2.24, 2.45) is 11.8 Å². The van der Waals surface area contributed by atoms with Gasteiger partial charge < -0.3 is 10.0 Å². The minimum atomic E-state index is -0.687. The molecule has 1 aliphatic carbocycles. The molecule has 0 aromatic carbocycles. The molecule has 1 saturated carbocycles. The van der Waals surface area contributed by atoms with Gasteiger partial charge in [0.15, 0.2) is 11.6 Å². The summed E-state index contributed by atoms with van der Waals surface area (Å²) in [5.74, 6) is 0.382. The molecule has 3 nitrogen and oxygen atoms in total. The zero-order chi connectivity index (χ0) is 12.9. The average molecular weight is 271 g/mol. The van der Waals surface area contributed by atoms with Gasteiger partial charge in [-0.15, -0.1) is 0 Å². The smallest absolute Gasteiger partial charge is 0.167 e. The monoisotopic (exact) mass is 270 g/mol. The number of aliphatic hydroxyl groups is 1. The van der Waals surface area contributed by atoms with Crippen molar-refractivity contribution in [3.63, 3.8) is 0 Å². The van der Waals surface area contributed by atoms with E-state index in [1.165, 1.54) is 12.3 Å². The van der Waals surface area contributed by atoms with Crippen LogP contribution >= 0.6 is 11.6 Å². The van der Waals surface area contributed by atoms with Crippen LogP contribution in [0.5, 0.6) is 0 Å². The minimum absolute atomic E-state index is 0.141. The lowest BCUT2D eigenvalue weighted by atomic mass is 9.88. The van der Waals surface area contributed by atoms with E-state index in [1.54, 1.807) is 0 Å². The number of hydrogen-bond donors (Lipinski definition) is 1. The highest BCUT2D eigenvalue weighted by atomic mass is 35.5. The summed E-state index contributed by atoms with van der Waals surface area (Å²) < 4.78 is 13.8. The number of rotatable bonds is 2. The van der Waals surface area contributed by atoms with Gasteiger partial charge in [-0.3, -0.25) is 0 Å². The second kappa shape index (κ2) is 4.07. The Morgan fingerprint density at radius 1 is 1.56 bits per heavy atom. The lowest BCUT2D eigenvalue weighted by molar-refractivity contribution is 0.00280. The molecule has 0 radical (unpaired) electrons. The van der Waals surface area contributed by atoms with Gasteiger partial charge in [0.2, 0.25) is 0 Å². The standard InChI is InChI=1S/C13H16ClFN2O/c1-8-6-17(7-13(8,18)9-2-3-9)12-11(15)4-10(14)5-16-12/h4-5,8-9,18H,2-3,6-7H2,1H3. The predicted molar refractivity (Wildman–Crippen MR) is 68.3 cm³/mol. The van der Waals surface area contributed by atoms with E-state index in [9.17, 15) is 9.50 Å². The highest BCUT2D eigenvalue weighted by molar-refractivity contribution is 6.30. The van der Waals surface area contributed by atoms with E-state index < -0.39 is 11.4 Å². The molecule has 1 N–H and O–H groups in total. The van der Waals surface area contributed by atoms with Gasteiger partial charge in [-0.1, -0.05) is 18.5 Å². The largest absolute Gasteiger partial charge is 0.387 e. The van der Waals surface area contributed by atoms with E-state index in [1.807, 2.05) is 11.8 Å². The molecule has 1 aromatic heterocycles. The van der Waals surface area contributed by atoms with Crippen molar-refractivity contribution < 1.29 is 9.50 Å². The lowest BCUT2D eigenvalue weighted by Crippen LogP contribution is -2.39. The second-order valence-electron chi connectivity index (χ2n) is 5.51. The molecule has 2 heterocycles. The minimum Gasteiger partial charge on any atom is -0.387 e. The fourth-order valence-corrected chi connectivity index (χ4v) is 3.08. The Morgan fingerprint density at radius 3 is 2.89 bits per heavy atom. The zero-order valence-corrected chi connectivity index (χ0v) is 11.0. The van der Waals surface area contributed by atoms with E-state index in [-0.39, 0.29) is 5.92 Å². The maximum Gasteiger partial charge on any atom is 0.167 e. The van der Waals surface area contributed by atoms with Crippen LogP contribution in [-0.2, 0) is 0 Å². The molecule has 0 bridgehead atoms. The third-order valence-corrected chi connectivity index (χ3v) is 4.37. The summed E-state index contributed by atoms with van der Waals surface area (Å²) in [6.45, 7) is 3.12. The molecule has 2 fully saturated rings. The Balaban J connectivity index is 1.86. The molecule has 3 rings (SSSR count). The molecular weight excluding hydrogens is 255 g/mol. The predicted octanol–water partition coefficient (Wildman–Crippen LogP) is 2.47. The first-order valence-electron chi connectivity index (χ1n) is 6.29. The molecule has 2 aliphatic rings. The highest BCUT2D eigenvalue weighted by Gasteiger charge is 2.52. The number of hydrogen-bond acceptors (Lipinski definition) is 3. The average Bonchev–Trinajstić information content (AvgIpc) is 3.08. The summed E-state index contributed by atoms with van der Waals surface area (Å²) >= 11 is 5.70. The molecular formula is C13H16ClFN2O. The van der Waals surface area contributed by atoms with Crippen molar-refractivity contribution in [2.45, 2.75) is 25.4 Å². The van der Waals surface area contributed by atoms with Crippen molar-refractivity contribution in [3.05, 3.63) is 23.1 Å². The molecule has 0 spiro atoms. The van der Waals surface area contributed by atoms with Crippen LogP contribution in [0.25, 0.3) is 0 Å². The van der Waals surface area contributed by atoms with Crippen LogP contribution in [0, 0.1) is 17.7 Å². The highest BCUT2D eigenvalue weighted by Crippen LogP contribution is 2.47. The first-order valence-corrected chi connectivity index (χ1v) is 6.67. The Bertz CT molecular complexity index is 480. The zero-order valence-electron chi connectivity index (χ0n) is 10.2. The van der Waals surface area contributed by atoms with Crippen molar-refractivity contribution in [1.29, 1.82) is 0 Å². The number of aromatic nitrogens is 1. The van der Waals surface area contributed by atoms with Crippen LogP contribution in [0.4, 0.5) is 10.2 Å². The van der Waals surface area contributed by atoms with E-state index in [4.69, 9.17) is 11.6 Å². The summed E-state index contributed by atoms with van der Waals surface area (Å²) in [7, 11) is 0. The number of anilines is 1. The van der Waals surface area contributed by atoms with Gasteiger partial charge >= 0.3 is 0 Å². The van der Waals surface area contributed by atoms with Crippen LogP contribution in [0.1, 0.15) is 19.8 Å². The van der Waals surface area contributed by atoms with Gasteiger partial charge in [0.25, 0.3) is 0 Å². The molecule has 1 aliphatic heterocycles. The van der Waals surface area contributed by atoms with Crippen LogP contribution in [0.2, 0.25) is 5.02 Å². The summed E-state index contributed by atoms with van der Waals surface area (Å²) in [5.41, 5.74) is -0.687. The summed E-state index contributed by atoms with van der Waals surface area (Å²) in [5, 5.41) is 11.0. The van der Waals surface area contributed by atoms with Crippen LogP contribution in [-0.4, -0.2) is 28.8 Å². The van der Waals surface area contributed by atoms with E-state index in [0.717, 1.165) is 12.8 Å². The quantitative estimate of drug-likeness (QED) is 0.897. The lowest BCUT2D eigenvalue weighted by Gasteiger charge is -2.26. The molecule has 2 atom stereocenters. The molecule has 18 heavy (non-hydrogen) atoms. The maximum absolute atomic E-state index is 13.8. The molecule has 98 valence electrons. The molecule has 1 saturated heterocycles. The van der Waals surface area contributed by atoms with E-state index in [0.29, 0.717) is 29.8 Å². The number of halogens is 2. The summed E-state index contributed by atoms with van der Waals surface area (Å²) in [6, 6.07) is 1.27. The number of nitrogens with zero attached hydrogens (tertiary/aromatic N) is 2. The van der Waals surface area contributed by atoms with Gasteiger partial charge in [0.1, 0.15) is 0 Å². The van der Waals surface area contributed by atoms with Gasteiger partial charge in [-0.25, -0.2) is 9.37 Å². The topological polar surface area (TPSA) is 36.4 Å². The fraction of sp³-hybridized carbons (Fsp3) is 0.615. The van der Waals surface area contributed by atoms with Crippen LogP contribution in [0.3, 0.4) is 0 Å². The van der Waals surface area contributed by atoms with Gasteiger partial charge in [-0.05, 0) is 24.8 Å². The van der Waals surface area contributed by atoms with E-state index >= 15 is 0 Å². The normalized spacial score (nSPS) is 32.0. The Morgan fingerprint density at radius 2 is 2.28 bits per heavy atom. The van der Waals surface area contributed by atoms with Crippen LogP contribution < -0.4 is 4.90 Å². The van der Waals surface area contributed by atoms with Crippen LogP contribution in [0.15, 0.2) is 12.3 Å². The summed E-state index contributed by atoms with van der Waals surface area (Å²) in [6.07, 6.45) is 3.59. The van der Waals surface area contributed by atoms with Crippen molar-refractivity contribution in [2.75, 3.05) is 18.0 Å². The van der Waals surface area contributed by atoms with Crippen molar-refractivity contribution in [3.8, 4) is 0 Å².